The molecule has 18 heavy (non-hydrogen) atoms. The number of hydrogen-bond donors (Lipinski definition) is 1. The van der Waals surface area contributed by atoms with Gasteiger partial charge in [0.2, 0.25) is 0 Å². The molecule has 2 fully saturated rings. The fourth-order valence-electron chi connectivity index (χ4n) is 2.34. The van der Waals surface area contributed by atoms with Crippen LogP contribution in [0.5, 0.6) is 0 Å². The largest absolute Gasteiger partial charge is 0.466 e. The summed E-state index contributed by atoms with van der Waals surface area (Å²) < 4.78 is 4.65. The van der Waals surface area contributed by atoms with Crippen molar-refractivity contribution in [2.75, 3.05) is 39.8 Å². The number of rotatable bonds is 3. The molecule has 0 spiro atoms. The first kappa shape index (κ1) is 12.9. The molecule has 0 aromatic heterocycles. The first-order chi connectivity index (χ1) is 8.61. The van der Waals surface area contributed by atoms with E-state index in [1.165, 1.54) is 7.11 Å². The van der Waals surface area contributed by atoms with Gasteiger partial charge in [-0.05, 0) is 6.92 Å². The van der Waals surface area contributed by atoms with Gasteiger partial charge in [-0.3, -0.25) is 4.90 Å². The number of amides is 2. The highest BCUT2D eigenvalue weighted by Gasteiger charge is 2.34. The van der Waals surface area contributed by atoms with Gasteiger partial charge in [-0.1, -0.05) is 6.08 Å². The first-order valence-corrected chi connectivity index (χ1v) is 6.13. The van der Waals surface area contributed by atoms with Crippen LogP contribution in [0.15, 0.2) is 11.6 Å². The lowest BCUT2D eigenvalue weighted by Gasteiger charge is -2.35. The monoisotopic (exact) mass is 253 g/mol. The van der Waals surface area contributed by atoms with Crippen LogP contribution in [0.3, 0.4) is 0 Å². The predicted octanol–water partition coefficient (Wildman–Crippen LogP) is -0.185. The Labute approximate surface area is 107 Å². The molecule has 2 amide bonds. The lowest BCUT2D eigenvalue weighted by atomic mass is 10.2. The Hall–Kier alpha value is -1.56. The molecule has 1 N–H and O–H groups in total. The second kappa shape index (κ2) is 5.39. The van der Waals surface area contributed by atoms with E-state index in [9.17, 15) is 9.59 Å². The van der Waals surface area contributed by atoms with Crippen molar-refractivity contribution in [3.63, 3.8) is 0 Å². The molecule has 0 aliphatic carbocycles. The molecule has 2 aliphatic rings. The highest BCUT2D eigenvalue weighted by Crippen LogP contribution is 2.14. The van der Waals surface area contributed by atoms with Crippen LogP contribution < -0.4 is 5.32 Å². The van der Waals surface area contributed by atoms with Crippen molar-refractivity contribution in [3.8, 4) is 0 Å². The van der Waals surface area contributed by atoms with Crippen LogP contribution in [0, 0.1) is 0 Å². The van der Waals surface area contributed by atoms with E-state index in [1.807, 2.05) is 11.0 Å². The maximum absolute atomic E-state index is 11.4. The average molecular weight is 253 g/mol. The normalized spacial score (nSPS) is 24.8. The number of ether oxygens (including phenoxy) is 1. The molecular weight excluding hydrogens is 234 g/mol. The number of piperazine rings is 1. The van der Waals surface area contributed by atoms with Gasteiger partial charge in [0.15, 0.2) is 0 Å². The average Bonchev–Trinajstić information content (AvgIpc) is 2.76. The van der Waals surface area contributed by atoms with Gasteiger partial charge in [0, 0.05) is 38.3 Å². The van der Waals surface area contributed by atoms with Gasteiger partial charge in [0.05, 0.1) is 13.2 Å². The summed E-state index contributed by atoms with van der Waals surface area (Å²) in [4.78, 5) is 26.8. The van der Waals surface area contributed by atoms with Crippen molar-refractivity contribution in [2.45, 2.75) is 13.0 Å². The summed E-state index contributed by atoms with van der Waals surface area (Å²) in [5.41, 5.74) is 0.626. The zero-order valence-corrected chi connectivity index (χ0v) is 10.8. The minimum atomic E-state index is -0.286. The second-order valence-electron chi connectivity index (χ2n) is 4.67. The summed E-state index contributed by atoms with van der Waals surface area (Å²) in [6.45, 7) is 5.64. The fraction of sp³-hybridized carbons (Fsp3) is 0.667. The maximum Gasteiger partial charge on any atom is 0.333 e. The molecule has 0 saturated carbocycles. The van der Waals surface area contributed by atoms with Gasteiger partial charge < -0.3 is 15.0 Å². The molecule has 1 unspecified atom stereocenters. The minimum absolute atomic E-state index is 0.0425. The van der Waals surface area contributed by atoms with Gasteiger partial charge >= 0.3 is 12.0 Å². The van der Waals surface area contributed by atoms with E-state index in [0.29, 0.717) is 5.57 Å². The number of carbonyl (C=O) groups excluding carboxylic acids is 2. The Balaban J connectivity index is 1.86. The molecule has 0 radical (unpaired) electrons. The van der Waals surface area contributed by atoms with Crippen molar-refractivity contribution < 1.29 is 14.3 Å². The van der Waals surface area contributed by atoms with E-state index >= 15 is 0 Å². The Morgan fingerprint density at radius 1 is 1.56 bits per heavy atom. The minimum Gasteiger partial charge on any atom is -0.466 e. The van der Waals surface area contributed by atoms with Crippen LogP contribution in [0.4, 0.5) is 4.79 Å². The van der Waals surface area contributed by atoms with Crippen molar-refractivity contribution >= 4 is 12.0 Å². The zero-order valence-electron chi connectivity index (χ0n) is 10.8. The number of nitrogens with zero attached hydrogens (tertiary/aromatic N) is 2. The molecule has 6 heteroatoms. The molecule has 1 atom stereocenters. The number of hydrogen-bond acceptors (Lipinski definition) is 4. The molecule has 100 valence electrons. The summed E-state index contributed by atoms with van der Waals surface area (Å²) >= 11 is 0. The Morgan fingerprint density at radius 3 is 3.06 bits per heavy atom. The quantitative estimate of drug-likeness (QED) is 0.559. The molecule has 2 aliphatic heterocycles. The summed E-state index contributed by atoms with van der Waals surface area (Å²) in [6.07, 6.45) is 1.88. The van der Waals surface area contributed by atoms with E-state index in [4.69, 9.17) is 0 Å². The summed E-state index contributed by atoms with van der Waals surface area (Å²) in [7, 11) is 1.38. The van der Waals surface area contributed by atoms with Crippen LogP contribution in [0.2, 0.25) is 0 Å². The van der Waals surface area contributed by atoms with Crippen LogP contribution >= 0.6 is 0 Å². The number of carbonyl (C=O) groups is 2. The van der Waals surface area contributed by atoms with Crippen molar-refractivity contribution in [1.82, 2.24) is 15.1 Å². The second-order valence-corrected chi connectivity index (χ2v) is 4.67. The molecule has 2 heterocycles. The third-order valence-corrected chi connectivity index (χ3v) is 3.48. The highest BCUT2D eigenvalue weighted by atomic mass is 16.5. The zero-order chi connectivity index (χ0) is 13.1. The number of esters is 1. The standard InChI is InChI=1S/C12H19N3O3/c1-9(11(16)18-2)3-4-14-5-6-15-10(8-14)7-13-12(15)17/h3,10H,4-8H2,1-2H3,(H,13,17). The molecule has 2 rings (SSSR count). The highest BCUT2D eigenvalue weighted by molar-refractivity contribution is 5.87. The number of nitrogens with one attached hydrogen (secondary N) is 1. The molecule has 2 saturated heterocycles. The van der Waals surface area contributed by atoms with Crippen molar-refractivity contribution in [1.29, 1.82) is 0 Å². The summed E-state index contributed by atoms with van der Waals surface area (Å²) in [6, 6.07) is 0.305. The van der Waals surface area contributed by atoms with Gasteiger partial charge in [-0.2, -0.15) is 0 Å². The van der Waals surface area contributed by atoms with E-state index in [2.05, 4.69) is 15.0 Å². The number of urea groups is 1. The number of fused-ring (bicyclic) bond motifs is 1. The van der Waals surface area contributed by atoms with Crippen molar-refractivity contribution in [3.05, 3.63) is 11.6 Å². The summed E-state index contributed by atoms with van der Waals surface area (Å²) in [5, 5.41) is 2.85. The topological polar surface area (TPSA) is 61.9 Å². The Kier molecular flexibility index (Phi) is 3.86. The van der Waals surface area contributed by atoms with Gasteiger partial charge in [-0.25, -0.2) is 9.59 Å². The fourth-order valence-corrected chi connectivity index (χ4v) is 2.34. The van der Waals surface area contributed by atoms with Crippen molar-refractivity contribution in [2.24, 2.45) is 0 Å². The van der Waals surface area contributed by atoms with Gasteiger partial charge in [0.25, 0.3) is 0 Å². The molecule has 6 nitrogen and oxygen atoms in total. The Morgan fingerprint density at radius 2 is 2.33 bits per heavy atom. The SMILES string of the molecule is COC(=O)C(C)=CCN1CCN2C(=O)NCC2C1. The van der Waals surface area contributed by atoms with E-state index in [1.54, 1.807) is 6.92 Å². The lowest BCUT2D eigenvalue weighted by Crippen LogP contribution is -2.52. The Bertz CT molecular complexity index is 381. The van der Waals surface area contributed by atoms with E-state index in [-0.39, 0.29) is 18.0 Å². The van der Waals surface area contributed by atoms with E-state index < -0.39 is 0 Å². The predicted molar refractivity (Wildman–Crippen MR) is 66.1 cm³/mol. The smallest absolute Gasteiger partial charge is 0.333 e. The molecule has 0 bridgehead atoms. The molecular formula is C12H19N3O3. The molecule has 0 aromatic carbocycles. The number of methoxy groups -OCH3 is 1. The third-order valence-electron chi connectivity index (χ3n) is 3.48. The first-order valence-electron chi connectivity index (χ1n) is 6.13. The molecule has 0 aromatic rings. The third kappa shape index (κ3) is 2.64. The van der Waals surface area contributed by atoms with Crippen LogP contribution in [-0.4, -0.2) is 67.7 Å². The summed E-state index contributed by atoms with van der Waals surface area (Å²) in [5.74, 6) is -0.286. The van der Waals surface area contributed by atoms with Gasteiger partial charge in [-0.15, -0.1) is 0 Å². The maximum atomic E-state index is 11.4. The van der Waals surface area contributed by atoms with Crippen LogP contribution in [-0.2, 0) is 9.53 Å². The van der Waals surface area contributed by atoms with Crippen LogP contribution in [0.25, 0.3) is 0 Å². The van der Waals surface area contributed by atoms with Gasteiger partial charge in [0.1, 0.15) is 0 Å². The van der Waals surface area contributed by atoms with Crippen LogP contribution in [0.1, 0.15) is 6.92 Å². The lowest BCUT2D eigenvalue weighted by molar-refractivity contribution is -0.136. The van der Waals surface area contributed by atoms with E-state index in [0.717, 1.165) is 32.7 Å².